The Hall–Kier alpha value is 0.260. The molecule has 0 spiro atoms. The van der Waals surface area contributed by atoms with Crippen LogP contribution in [0.15, 0.2) is 0 Å². The summed E-state index contributed by atoms with van der Waals surface area (Å²) in [6, 6.07) is 0. The summed E-state index contributed by atoms with van der Waals surface area (Å²) in [7, 11) is 4.05. The Balaban J connectivity index is 2.32. The van der Waals surface area contributed by atoms with Crippen LogP contribution in [0.1, 0.15) is 26.2 Å². The van der Waals surface area contributed by atoms with E-state index in [9.17, 15) is 0 Å². The maximum atomic E-state index is 5.27. The van der Waals surface area contributed by atoms with Crippen molar-refractivity contribution in [2.24, 2.45) is 11.8 Å². The smallest absolute Gasteiger partial charge is 0.00891 e. The zero-order valence-electron chi connectivity index (χ0n) is 7.58. The molecule has 0 N–H and O–H groups in total. The normalized spacial score (nSPS) is 29.7. The average molecular weight is 200 g/mol. The second kappa shape index (κ2) is 5.83. The van der Waals surface area contributed by atoms with E-state index in [1.165, 1.54) is 24.3 Å². The molecule has 1 fully saturated rings. The van der Waals surface area contributed by atoms with Crippen molar-refractivity contribution in [3.05, 3.63) is 0 Å². The summed E-state index contributed by atoms with van der Waals surface area (Å²) in [5.41, 5.74) is 0. The topological polar surface area (TPSA) is 0 Å². The number of rotatable bonds is 3. The summed E-state index contributed by atoms with van der Waals surface area (Å²) in [5.74, 6) is 7.19. The van der Waals surface area contributed by atoms with Crippen LogP contribution >= 0.6 is 21.6 Å². The monoisotopic (exact) mass is 200 g/mol. The minimum atomic E-state index is 0.886. The summed E-state index contributed by atoms with van der Waals surface area (Å²) in [6.07, 6.45) is 8.80. The van der Waals surface area contributed by atoms with Crippen LogP contribution in [0.4, 0.5) is 0 Å². The molecule has 0 radical (unpaired) electrons. The SMILES string of the molecule is C#CCC[C@H]1CSSCC1CC. The molecule has 1 aliphatic rings. The van der Waals surface area contributed by atoms with Gasteiger partial charge in [-0.15, -0.1) is 12.3 Å². The van der Waals surface area contributed by atoms with Crippen LogP contribution in [0.25, 0.3) is 0 Å². The van der Waals surface area contributed by atoms with Crippen LogP contribution in [0.2, 0.25) is 0 Å². The fourth-order valence-corrected chi connectivity index (χ4v) is 4.70. The van der Waals surface area contributed by atoms with E-state index in [-0.39, 0.29) is 0 Å². The molecule has 0 bridgehead atoms. The first-order valence-corrected chi connectivity index (χ1v) is 7.05. The van der Waals surface area contributed by atoms with Crippen LogP contribution in [-0.4, -0.2) is 11.5 Å². The molecule has 0 aromatic carbocycles. The molecule has 0 amide bonds. The van der Waals surface area contributed by atoms with Crippen molar-refractivity contribution >= 4 is 21.6 Å². The molecule has 12 heavy (non-hydrogen) atoms. The van der Waals surface area contributed by atoms with Crippen molar-refractivity contribution in [2.75, 3.05) is 11.5 Å². The molecule has 0 aromatic heterocycles. The van der Waals surface area contributed by atoms with Gasteiger partial charge in [0, 0.05) is 17.9 Å². The molecule has 1 unspecified atom stereocenters. The predicted octanol–water partition coefficient (Wildman–Crippen LogP) is 3.44. The highest BCUT2D eigenvalue weighted by Gasteiger charge is 2.23. The van der Waals surface area contributed by atoms with Gasteiger partial charge in [0.05, 0.1) is 0 Å². The Bertz CT molecular complexity index is 160. The number of hydrogen-bond acceptors (Lipinski definition) is 2. The average Bonchev–Trinajstić information content (AvgIpc) is 2.15. The maximum absolute atomic E-state index is 5.27. The Morgan fingerprint density at radius 1 is 1.33 bits per heavy atom. The van der Waals surface area contributed by atoms with E-state index in [0.717, 1.165) is 18.3 Å². The maximum Gasteiger partial charge on any atom is 0.00891 e. The quantitative estimate of drug-likeness (QED) is 0.505. The molecule has 2 atom stereocenters. The summed E-state index contributed by atoms with van der Waals surface area (Å²) < 4.78 is 0. The first-order chi connectivity index (χ1) is 5.88. The predicted molar refractivity (Wildman–Crippen MR) is 60.3 cm³/mol. The van der Waals surface area contributed by atoms with Gasteiger partial charge in [-0.05, 0) is 18.3 Å². The molecular weight excluding hydrogens is 184 g/mol. The molecule has 68 valence electrons. The Morgan fingerprint density at radius 2 is 2.00 bits per heavy atom. The molecular formula is C10H16S2. The zero-order valence-corrected chi connectivity index (χ0v) is 9.22. The molecule has 1 aliphatic heterocycles. The van der Waals surface area contributed by atoms with Crippen molar-refractivity contribution in [3.8, 4) is 12.3 Å². The lowest BCUT2D eigenvalue weighted by molar-refractivity contribution is 0.370. The van der Waals surface area contributed by atoms with Gasteiger partial charge >= 0.3 is 0 Å². The Labute approximate surface area is 83.7 Å². The highest BCUT2D eigenvalue weighted by molar-refractivity contribution is 8.76. The summed E-state index contributed by atoms with van der Waals surface area (Å²) in [6.45, 7) is 2.30. The zero-order chi connectivity index (χ0) is 8.81. The second-order valence-corrected chi connectivity index (χ2v) is 5.79. The van der Waals surface area contributed by atoms with E-state index >= 15 is 0 Å². The third kappa shape index (κ3) is 2.95. The highest BCUT2D eigenvalue weighted by Crippen LogP contribution is 2.39. The first-order valence-electron chi connectivity index (χ1n) is 4.56. The number of hydrogen-bond donors (Lipinski definition) is 0. The van der Waals surface area contributed by atoms with Gasteiger partial charge in [-0.2, -0.15) is 0 Å². The summed E-state index contributed by atoms with van der Waals surface area (Å²) in [4.78, 5) is 0. The molecule has 1 saturated heterocycles. The second-order valence-electron chi connectivity index (χ2n) is 3.24. The minimum Gasteiger partial charge on any atom is -0.120 e. The van der Waals surface area contributed by atoms with Crippen LogP contribution in [0.3, 0.4) is 0 Å². The fraction of sp³-hybridized carbons (Fsp3) is 0.800. The highest BCUT2D eigenvalue weighted by atomic mass is 33.1. The molecule has 0 aromatic rings. The molecule has 1 rings (SSSR count). The van der Waals surface area contributed by atoms with Crippen LogP contribution in [0.5, 0.6) is 0 Å². The van der Waals surface area contributed by atoms with Gasteiger partial charge < -0.3 is 0 Å². The Morgan fingerprint density at radius 3 is 2.58 bits per heavy atom. The van der Waals surface area contributed by atoms with Gasteiger partial charge in [-0.1, -0.05) is 34.9 Å². The van der Waals surface area contributed by atoms with Gasteiger partial charge in [0.15, 0.2) is 0 Å². The van der Waals surface area contributed by atoms with Gasteiger partial charge in [0.25, 0.3) is 0 Å². The van der Waals surface area contributed by atoms with E-state index in [1.54, 1.807) is 0 Å². The number of terminal acetylenes is 1. The summed E-state index contributed by atoms with van der Waals surface area (Å²) >= 11 is 0. The van der Waals surface area contributed by atoms with Gasteiger partial charge in [0.2, 0.25) is 0 Å². The lowest BCUT2D eigenvalue weighted by Gasteiger charge is -2.29. The van der Waals surface area contributed by atoms with Crippen molar-refractivity contribution in [2.45, 2.75) is 26.2 Å². The molecule has 2 heteroatoms. The van der Waals surface area contributed by atoms with Gasteiger partial charge in [-0.3, -0.25) is 0 Å². The van der Waals surface area contributed by atoms with Crippen molar-refractivity contribution in [1.82, 2.24) is 0 Å². The van der Waals surface area contributed by atoms with Crippen LogP contribution < -0.4 is 0 Å². The summed E-state index contributed by atoms with van der Waals surface area (Å²) in [5, 5.41) is 0. The van der Waals surface area contributed by atoms with E-state index in [0.29, 0.717) is 0 Å². The van der Waals surface area contributed by atoms with Crippen molar-refractivity contribution in [3.63, 3.8) is 0 Å². The van der Waals surface area contributed by atoms with Gasteiger partial charge in [0.1, 0.15) is 0 Å². The first kappa shape index (κ1) is 10.3. The van der Waals surface area contributed by atoms with Gasteiger partial charge in [-0.25, -0.2) is 0 Å². The lowest BCUT2D eigenvalue weighted by atomic mass is 9.89. The van der Waals surface area contributed by atoms with E-state index < -0.39 is 0 Å². The van der Waals surface area contributed by atoms with Crippen molar-refractivity contribution < 1.29 is 0 Å². The molecule has 0 saturated carbocycles. The largest absolute Gasteiger partial charge is 0.120 e. The molecule has 0 nitrogen and oxygen atoms in total. The molecule has 0 aliphatic carbocycles. The Kier molecular flexibility index (Phi) is 5.02. The van der Waals surface area contributed by atoms with E-state index in [4.69, 9.17) is 6.42 Å². The third-order valence-electron chi connectivity index (χ3n) is 2.50. The minimum absolute atomic E-state index is 0.886. The van der Waals surface area contributed by atoms with Crippen LogP contribution in [0, 0.1) is 24.2 Å². The van der Waals surface area contributed by atoms with E-state index in [1.807, 2.05) is 21.6 Å². The third-order valence-corrected chi connectivity index (χ3v) is 5.11. The van der Waals surface area contributed by atoms with Crippen molar-refractivity contribution in [1.29, 1.82) is 0 Å². The molecule has 1 heterocycles. The van der Waals surface area contributed by atoms with Crippen LogP contribution in [-0.2, 0) is 0 Å². The standard InChI is InChI=1S/C10H16S2/c1-3-5-6-10-8-12-11-7-9(10)4-2/h1,9-10H,4-8H2,2H3/t9?,10-/m0/s1. The fourth-order valence-electron chi connectivity index (χ4n) is 1.58. The van der Waals surface area contributed by atoms with E-state index in [2.05, 4.69) is 12.8 Å². The lowest BCUT2D eigenvalue weighted by Crippen LogP contribution is -2.21.